The Morgan fingerprint density at radius 3 is 1.19 bits per heavy atom. The summed E-state index contributed by atoms with van der Waals surface area (Å²) in [5.74, 6) is 4.09. The molecule has 4 heteroatoms. The van der Waals surface area contributed by atoms with Crippen molar-refractivity contribution in [2.75, 3.05) is 39.6 Å². The van der Waals surface area contributed by atoms with Gasteiger partial charge in [-0.1, -0.05) is 0 Å². The fraction of sp³-hybridized carbons (Fsp3) is 1.00. The maximum Gasteiger partial charge on any atom is 0.0501 e. The topological polar surface area (TPSA) is 58.9 Å². The molecule has 2 saturated carbocycles. The lowest BCUT2D eigenvalue weighted by Crippen LogP contribution is -2.00. The zero-order valence-electron chi connectivity index (χ0n) is 9.42. The first-order valence-corrected chi connectivity index (χ1v) is 6.24. The summed E-state index contributed by atoms with van der Waals surface area (Å²) < 4.78 is 10.3. The summed E-state index contributed by atoms with van der Waals surface area (Å²) >= 11 is 0. The van der Waals surface area contributed by atoms with Crippen LogP contribution in [-0.4, -0.2) is 49.9 Å². The molecule has 4 nitrogen and oxygen atoms in total. The van der Waals surface area contributed by atoms with Crippen LogP contribution in [0.25, 0.3) is 0 Å². The molecule has 2 aliphatic heterocycles. The number of hydrogen-bond acceptors (Lipinski definition) is 4. The van der Waals surface area contributed by atoms with Crippen LogP contribution >= 0.6 is 0 Å². The van der Waals surface area contributed by atoms with E-state index in [0.717, 1.165) is 50.1 Å². The van der Waals surface area contributed by atoms with Crippen LogP contribution in [0.5, 0.6) is 0 Å². The minimum Gasteiger partial charge on any atom is -0.396 e. The normalized spacial score (nSPS) is 51.4. The van der Waals surface area contributed by atoms with Gasteiger partial charge >= 0.3 is 0 Å². The third-order valence-corrected chi connectivity index (χ3v) is 4.68. The van der Waals surface area contributed by atoms with E-state index >= 15 is 0 Å². The van der Waals surface area contributed by atoms with E-state index in [1.807, 2.05) is 0 Å². The predicted molar refractivity (Wildman–Crippen MR) is 56.7 cm³/mol. The van der Waals surface area contributed by atoms with E-state index in [2.05, 4.69) is 0 Å². The van der Waals surface area contributed by atoms with Gasteiger partial charge in [0.1, 0.15) is 0 Å². The van der Waals surface area contributed by atoms with Gasteiger partial charge in [0.05, 0.1) is 26.4 Å². The second-order valence-corrected chi connectivity index (χ2v) is 5.42. The lowest BCUT2D eigenvalue weighted by atomic mass is 10.3. The first kappa shape index (κ1) is 11.0. The van der Waals surface area contributed by atoms with E-state index in [-0.39, 0.29) is 0 Å². The fourth-order valence-electron chi connectivity index (χ4n) is 3.26. The quantitative estimate of drug-likeness (QED) is 0.684. The highest BCUT2D eigenvalue weighted by atomic mass is 16.5. The molecule has 4 aliphatic rings. The zero-order chi connectivity index (χ0) is 11.1. The van der Waals surface area contributed by atoms with Crippen LogP contribution in [0, 0.1) is 35.5 Å². The van der Waals surface area contributed by atoms with Gasteiger partial charge in [-0.05, 0) is 35.5 Å². The van der Waals surface area contributed by atoms with E-state index in [1.165, 1.54) is 0 Å². The molecular formula is C12H20O4. The molecule has 16 heavy (non-hydrogen) atoms. The average molecular weight is 228 g/mol. The van der Waals surface area contributed by atoms with Crippen molar-refractivity contribution in [2.24, 2.45) is 35.5 Å². The molecular weight excluding hydrogens is 208 g/mol. The van der Waals surface area contributed by atoms with Crippen molar-refractivity contribution in [2.45, 2.75) is 0 Å². The summed E-state index contributed by atoms with van der Waals surface area (Å²) in [4.78, 5) is 0. The van der Waals surface area contributed by atoms with Crippen molar-refractivity contribution in [1.29, 1.82) is 0 Å². The van der Waals surface area contributed by atoms with Crippen LogP contribution in [0.3, 0.4) is 0 Å². The second-order valence-electron chi connectivity index (χ2n) is 5.42. The average Bonchev–Trinajstić information content (AvgIpc) is 2.97. The molecule has 0 radical (unpaired) electrons. The van der Waals surface area contributed by atoms with Crippen molar-refractivity contribution >= 4 is 0 Å². The van der Waals surface area contributed by atoms with Crippen molar-refractivity contribution in [3.05, 3.63) is 0 Å². The number of hydrogen-bond donors (Lipinski definition) is 2. The molecule has 0 bridgehead atoms. The van der Waals surface area contributed by atoms with E-state index in [4.69, 9.17) is 19.7 Å². The van der Waals surface area contributed by atoms with Crippen LogP contribution in [-0.2, 0) is 9.47 Å². The zero-order valence-corrected chi connectivity index (χ0v) is 9.42. The van der Waals surface area contributed by atoms with Crippen LogP contribution in [0.4, 0.5) is 0 Å². The first-order chi connectivity index (χ1) is 7.86. The summed E-state index contributed by atoms with van der Waals surface area (Å²) in [6.07, 6.45) is 0. The first-order valence-electron chi connectivity index (χ1n) is 6.24. The van der Waals surface area contributed by atoms with E-state index in [1.54, 1.807) is 0 Å². The standard InChI is InChI=1S/2C6H10O2/c2*7-1-4-5-2-8-3-6(4)5/h2*4-7H,1-3H2/t2*5-,6-/m10/s1. The van der Waals surface area contributed by atoms with E-state index in [9.17, 15) is 0 Å². The van der Waals surface area contributed by atoms with Crippen molar-refractivity contribution < 1.29 is 19.7 Å². The van der Waals surface area contributed by atoms with Crippen LogP contribution in [0.2, 0.25) is 0 Å². The Kier molecular flexibility index (Phi) is 2.92. The second kappa shape index (κ2) is 4.26. The van der Waals surface area contributed by atoms with Crippen molar-refractivity contribution in [3.8, 4) is 0 Å². The SMILES string of the molecule is OCC1[C@@H]2COC[C@@H]12.OCC1[C@H]2COC[C@H]12. The Morgan fingerprint density at radius 2 is 1.00 bits per heavy atom. The van der Waals surface area contributed by atoms with Gasteiger partial charge in [-0.3, -0.25) is 0 Å². The molecule has 92 valence electrons. The highest BCUT2D eigenvalue weighted by molar-refractivity contribution is 5.00. The van der Waals surface area contributed by atoms with Gasteiger partial charge in [0.15, 0.2) is 0 Å². The smallest absolute Gasteiger partial charge is 0.0501 e. The van der Waals surface area contributed by atoms with Crippen LogP contribution < -0.4 is 0 Å². The van der Waals surface area contributed by atoms with Gasteiger partial charge in [0.25, 0.3) is 0 Å². The third kappa shape index (κ3) is 1.78. The van der Waals surface area contributed by atoms with Crippen LogP contribution in [0.15, 0.2) is 0 Å². The van der Waals surface area contributed by atoms with Gasteiger partial charge < -0.3 is 19.7 Å². The Labute approximate surface area is 95.6 Å². The Balaban J connectivity index is 0.000000101. The highest BCUT2D eigenvalue weighted by Crippen LogP contribution is 2.50. The summed E-state index contributed by atoms with van der Waals surface area (Å²) in [6.45, 7) is 4.34. The highest BCUT2D eigenvalue weighted by Gasteiger charge is 2.53. The Hall–Kier alpha value is -0.160. The lowest BCUT2D eigenvalue weighted by Gasteiger charge is -1.96. The number of aliphatic hydroxyl groups excluding tert-OH is 2. The number of rotatable bonds is 2. The monoisotopic (exact) mass is 228 g/mol. The minimum atomic E-state index is 0.374. The van der Waals surface area contributed by atoms with Gasteiger partial charge in [-0.15, -0.1) is 0 Å². The van der Waals surface area contributed by atoms with Gasteiger partial charge in [-0.2, -0.15) is 0 Å². The molecule has 0 spiro atoms. The number of ether oxygens (including phenoxy) is 2. The summed E-state index contributed by atoms with van der Waals surface area (Å²) in [7, 11) is 0. The molecule has 0 aromatic rings. The number of fused-ring (bicyclic) bond motifs is 2. The Bertz CT molecular complexity index is 198. The molecule has 0 aromatic heterocycles. The number of aliphatic hydroxyl groups is 2. The largest absolute Gasteiger partial charge is 0.396 e. The van der Waals surface area contributed by atoms with Gasteiger partial charge in [-0.25, -0.2) is 0 Å². The lowest BCUT2D eigenvalue weighted by molar-refractivity contribution is 0.133. The molecule has 4 fully saturated rings. The van der Waals surface area contributed by atoms with E-state index < -0.39 is 0 Å². The van der Waals surface area contributed by atoms with Gasteiger partial charge in [0, 0.05) is 13.2 Å². The maximum atomic E-state index is 8.66. The maximum absolute atomic E-state index is 8.66. The molecule has 4 atom stereocenters. The summed E-state index contributed by atoms with van der Waals surface area (Å²) in [6, 6.07) is 0. The molecule has 2 saturated heterocycles. The Morgan fingerprint density at radius 1 is 0.688 bits per heavy atom. The summed E-state index contributed by atoms with van der Waals surface area (Å²) in [5, 5.41) is 17.3. The van der Waals surface area contributed by atoms with Crippen LogP contribution in [0.1, 0.15) is 0 Å². The molecule has 2 N–H and O–H groups in total. The fourth-order valence-corrected chi connectivity index (χ4v) is 3.26. The predicted octanol–water partition coefficient (Wildman–Crippen LogP) is -0.258. The molecule has 0 aromatic carbocycles. The third-order valence-electron chi connectivity index (χ3n) is 4.68. The minimum absolute atomic E-state index is 0.374. The molecule has 0 unspecified atom stereocenters. The molecule has 0 amide bonds. The van der Waals surface area contributed by atoms with Crippen molar-refractivity contribution in [3.63, 3.8) is 0 Å². The summed E-state index contributed by atoms with van der Waals surface area (Å²) in [5.41, 5.74) is 0. The molecule has 2 aliphatic carbocycles. The van der Waals surface area contributed by atoms with E-state index in [0.29, 0.717) is 25.0 Å². The molecule has 4 rings (SSSR count). The van der Waals surface area contributed by atoms with Crippen molar-refractivity contribution in [1.82, 2.24) is 0 Å². The van der Waals surface area contributed by atoms with Gasteiger partial charge in [0.2, 0.25) is 0 Å². The molecule has 2 heterocycles.